The van der Waals surface area contributed by atoms with Crippen LogP contribution in [0, 0.1) is 6.92 Å². The number of aryl methyl sites for hydroxylation is 1. The molecule has 0 aliphatic rings. The SMILES string of the molecule is CSc1nnc(C(C)(C)C)c(=O)n1NC(=O)c1ccc(C)cc1. The standard InChI is InChI=1S/C16H20N4O2S/c1-10-6-8-11(9-7-10)13(21)19-20-14(22)12(16(2,3)4)17-18-15(20)23-5/h6-9H,1-5H3,(H,19,21). The van der Waals surface area contributed by atoms with Crippen molar-refractivity contribution in [3.05, 3.63) is 51.4 Å². The van der Waals surface area contributed by atoms with Gasteiger partial charge in [0, 0.05) is 11.0 Å². The van der Waals surface area contributed by atoms with Crippen molar-refractivity contribution < 1.29 is 4.79 Å². The van der Waals surface area contributed by atoms with Gasteiger partial charge in [0.25, 0.3) is 11.5 Å². The molecule has 0 aliphatic heterocycles. The van der Waals surface area contributed by atoms with Gasteiger partial charge in [-0.25, -0.2) is 0 Å². The molecule has 0 atom stereocenters. The van der Waals surface area contributed by atoms with E-state index < -0.39 is 5.41 Å². The minimum Gasteiger partial charge on any atom is -0.267 e. The highest BCUT2D eigenvalue weighted by Gasteiger charge is 2.24. The van der Waals surface area contributed by atoms with Crippen molar-refractivity contribution >= 4 is 17.7 Å². The minimum absolute atomic E-state index is 0.305. The highest BCUT2D eigenvalue weighted by Crippen LogP contribution is 2.17. The largest absolute Gasteiger partial charge is 0.295 e. The molecule has 0 aliphatic carbocycles. The number of benzene rings is 1. The molecule has 1 N–H and O–H groups in total. The van der Waals surface area contributed by atoms with Gasteiger partial charge in [-0.15, -0.1) is 10.2 Å². The maximum absolute atomic E-state index is 12.6. The molecule has 2 aromatic rings. The second-order valence-corrected chi connectivity index (χ2v) is 7.01. The second-order valence-electron chi connectivity index (χ2n) is 6.23. The van der Waals surface area contributed by atoms with Crippen LogP contribution in [0.25, 0.3) is 0 Å². The topological polar surface area (TPSA) is 76.9 Å². The molecular weight excluding hydrogens is 312 g/mol. The first-order valence-corrected chi connectivity index (χ1v) is 8.38. The summed E-state index contributed by atoms with van der Waals surface area (Å²) in [5, 5.41) is 8.40. The van der Waals surface area contributed by atoms with Crippen molar-refractivity contribution in [2.45, 2.75) is 38.3 Å². The third kappa shape index (κ3) is 3.79. The van der Waals surface area contributed by atoms with Gasteiger partial charge in [-0.3, -0.25) is 15.0 Å². The van der Waals surface area contributed by atoms with E-state index in [4.69, 9.17) is 0 Å². The monoisotopic (exact) mass is 332 g/mol. The molecule has 1 heterocycles. The van der Waals surface area contributed by atoms with E-state index in [1.54, 1.807) is 18.4 Å². The number of amides is 1. The molecule has 1 amide bonds. The summed E-state index contributed by atoms with van der Waals surface area (Å²) in [7, 11) is 0. The average molecular weight is 332 g/mol. The summed E-state index contributed by atoms with van der Waals surface area (Å²) in [5.41, 5.74) is 3.64. The Bertz CT molecular complexity index is 776. The van der Waals surface area contributed by atoms with Crippen LogP contribution in [0.2, 0.25) is 0 Å². The average Bonchev–Trinajstić information content (AvgIpc) is 2.48. The summed E-state index contributed by atoms with van der Waals surface area (Å²) >= 11 is 1.24. The van der Waals surface area contributed by atoms with Crippen LogP contribution in [-0.2, 0) is 5.41 Å². The molecule has 0 fully saturated rings. The van der Waals surface area contributed by atoms with Gasteiger partial charge in [0.05, 0.1) is 0 Å². The van der Waals surface area contributed by atoms with Gasteiger partial charge in [0.2, 0.25) is 5.16 Å². The lowest BCUT2D eigenvalue weighted by molar-refractivity contribution is 0.100. The molecule has 0 bridgehead atoms. The lowest BCUT2D eigenvalue weighted by Crippen LogP contribution is -2.40. The Morgan fingerprint density at radius 2 is 1.78 bits per heavy atom. The van der Waals surface area contributed by atoms with E-state index in [1.165, 1.54) is 16.4 Å². The third-order valence-electron chi connectivity index (χ3n) is 3.25. The second kappa shape index (κ2) is 6.54. The number of carbonyl (C=O) groups is 1. The Hall–Kier alpha value is -2.15. The van der Waals surface area contributed by atoms with Crippen LogP contribution in [0.15, 0.2) is 34.2 Å². The van der Waals surface area contributed by atoms with Gasteiger partial charge in [-0.2, -0.15) is 4.68 Å². The van der Waals surface area contributed by atoms with E-state index in [0.29, 0.717) is 16.4 Å². The highest BCUT2D eigenvalue weighted by molar-refractivity contribution is 7.98. The molecule has 0 spiro atoms. The summed E-state index contributed by atoms with van der Waals surface area (Å²) in [5.74, 6) is -0.366. The molecule has 0 saturated heterocycles. The number of nitrogens with one attached hydrogen (secondary N) is 1. The van der Waals surface area contributed by atoms with E-state index in [1.807, 2.05) is 39.8 Å². The van der Waals surface area contributed by atoms with Crippen molar-refractivity contribution in [3.8, 4) is 0 Å². The van der Waals surface area contributed by atoms with E-state index in [-0.39, 0.29) is 11.5 Å². The van der Waals surface area contributed by atoms with E-state index in [9.17, 15) is 9.59 Å². The molecule has 6 nitrogen and oxygen atoms in total. The van der Waals surface area contributed by atoms with Crippen molar-refractivity contribution in [1.82, 2.24) is 14.9 Å². The number of carbonyl (C=O) groups excluding carboxylic acids is 1. The van der Waals surface area contributed by atoms with Crippen LogP contribution in [-0.4, -0.2) is 27.0 Å². The molecule has 7 heteroatoms. The molecule has 1 aromatic carbocycles. The van der Waals surface area contributed by atoms with Crippen LogP contribution in [0.4, 0.5) is 0 Å². The van der Waals surface area contributed by atoms with Crippen molar-refractivity contribution in [1.29, 1.82) is 0 Å². The number of thioether (sulfide) groups is 1. The first-order valence-electron chi connectivity index (χ1n) is 7.16. The van der Waals surface area contributed by atoms with Gasteiger partial charge in [0.1, 0.15) is 5.69 Å². The third-order valence-corrected chi connectivity index (χ3v) is 3.88. The normalized spacial score (nSPS) is 11.3. The molecule has 0 unspecified atom stereocenters. The van der Waals surface area contributed by atoms with Crippen LogP contribution in [0.3, 0.4) is 0 Å². The summed E-state index contributed by atoms with van der Waals surface area (Å²) < 4.78 is 1.17. The molecule has 0 saturated carbocycles. The molecular formula is C16H20N4O2S. The maximum Gasteiger partial charge on any atom is 0.295 e. The minimum atomic E-state index is -0.461. The van der Waals surface area contributed by atoms with Crippen molar-refractivity contribution in [2.24, 2.45) is 0 Å². The number of nitrogens with zero attached hydrogens (tertiary/aromatic N) is 3. The first-order chi connectivity index (χ1) is 10.7. The first kappa shape index (κ1) is 17.2. The predicted octanol–water partition coefficient (Wildman–Crippen LogP) is 2.35. The lowest BCUT2D eigenvalue weighted by Gasteiger charge is -2.19. The van der Waals surface area contributed by atoms with Crippen molar-refractivity contribution in [2.75, 3.05) is 11.7 Å². The smallest absolute Gasteiger partial charge is 0.267 e. The number of rotatable bonds is 3. The van der Waals surface area contributed by atoms with Gasteiger partial charge in [-0.05, 0) is 25.3 Å². The Labute approximate surface area is 139 Å². The zero-order valence-electron chi connectivity index (χ0n) is 13.9. The van der Waals surface area contributed by atoms with E-state index in [2.05, 4.69) is 15.6 Å². The molecule has 122 valence electrons. The predicted molar refractivity (Wildman–Crippen MR) is 91.6 cm³/mol. The Kier molecular flexibility index (Phi) is 4.89. The highest BCUT2D eigenvalue weighted by atomic mass is 32.2. The number of aromatic nitrogens is 3. The zero-order chi connectivity index (χ0) is 17.2. The van der Waals surface area contributed by atoms with Crippen LogP contribution in [0.5, 0.6) is 0 Å². The van der Waals surface area contributed by atoms with Gasteiger partial charge in [-0.1, -0.05) is 50.2 Å². The van der Waals surface area contributed by atoms with Crippen LogP contribution in [0.1, 0.15) is 42.4 Å². The van der Waals surface area contributed by atoms with Crippen LogP contribution >= 0.6 is 11.8 Å². The lowest BCUT2D eigenvalue weighted by atomic mass is 9.93. The Morgan fingerprint density at radius 3 is 2.30 bits per heavy atom. The fourth-order valence-electron chi connectivity index (χ4n) is 1.95. The molecule has 0 radical (unpaired) electrons. The van der Waals surface area contributed by atoms with Gasteiger partial charge in [0.15, 0.2) is 0 Å². The molecule has 23 heavy (non-hydrogen) atoms. The molecule has 2 rings (SSSR count). The van der Waals surface area contributed by atoms with Gasteiger partial charge < -0.3 is 0 Å². The summed E-state index contributed by atoms with van der Waals surface area (Å²) in [6.45, 7) is 7.58. The number of hydrogen-bond acceptors (Lipinski definition) is 5. The Balaban J connectivity index is 2.44. The summed E-state index contributed by atoms with van der Waals surface area (Å²) in [6.07, 6.45) is 1.77. The van der Waals surface area contributed by atoms with E-state index >= 15 is 0 Å². The zero-order valence-corrected chi connectivity index (χ0v) is 14.7. The van der Waals surface area contributed by atoms with Crippen molar-refractivity contribution in [3.63, 3.8) is 0 Å². The number of hydrogen-bond donors (Lipinski definition) is 1. The van der Waals surface area contributed by atoms with Crippen LogP contribution < -0.4 is 11.0 Å². The summed E-state index contributed by atoms with van der Waals surface area (Å²) in [4.78, 5) is 25.0. The van der Waals surface area contributed by atoms with E-state index in [0.717, 1.165) is 5.56 Å². The fourth-order valence-corrected chi connectivity index (χ4v) is 2.38. The Morgan fingerprint density at radius 1 is 1.17 bits per heavy atom. The fraction of sp³-hybridized carbons (Fsp3) is 0.375. The van der Waals surface area contributed by atoms with Gasteiger partial charge >= 0.3 is 0 Å². The molecule has 1 aromatic heterocycles. The quantitative estimate of drug-likeness (QED) is 0.873. The maximum atomic E-state index is 12.6. The summed E-state index contributed by atoms with van der Waals surface area (Å²) in [6, 6.07) is 7.12.